The molecule has 3 rings (SSSR count). The number of nitrogens with two attached hydrogens (primary N) is 1. The van der Waals surface area contributed by atoms with E-state index in [1.165, 1.54) is 0 Å². The molecule has 1 saturated heterocycles. The van der Waals surface area contributed by atoms with Gasteiger partial charge >= 0.3 is 0 Å². The maximum atomic E-state index is 11.7. The van der Waals surface area contributed by atoms with Crippen molar-refractivity contribution in [1.82, 2.24) is 4.90 Å². The maximum Gasteiger partial charge on any atom is 0.259 e. The number of fused-ring (bicyclic) bond motifs is 1. The van der Waals surface area contributed by atoms with Gasteiger partial charge in [-0.15, -0.1) is 4.40 Å². The summed E-state index contributed by atoms with van der Waals surface area (Å²) in [6.45, 7) is 3.78. The first kappa shape index (κ1) is 16.8. The Morgan fingerprint density at radius 3 is 3.00 bits per heavy atom. The summed E-state index contributed by atoms with van der Waals surface area (Å²) in [6, 6.07) is 5.24. The largest absolute Gasteiger partial charge is 0.492 e. The van der Waals surface area contributed by atoms with Crippen LogP contribution in [0.4, 0.5) is 0 Å². The highest BCUT2D eigenvalue weighted by molar-refractivity contribution is 7.89. The standard InChI is InChI=1S/C16H21N3O4S/c1-2-14(20)19-7-6-11(8-19)9-23-13-5-3-4-12-10-24(21,22)18-16(17)15(12)13/h3-5,11H,2,6-10H2,1H3,(H2,17,18). The van der Waals surface area contributed by atoms with Crippen LogP contribution in [0.15, 0.2) is 22.6 Å². The van der Waals surface area contributed by atoms with E-state index in [2.05, 4.69) is 4.40 Å². The highest BCUT2D eigenvalue weighted by Gasteiger charge is 2.28. The van der Waals surface area contributed by atoms with Crippen LogP contribution in [0.5, 0.6) is 5.75 Å². The van der Waals surface area contributed by atoms with Crippen molar-refractivity contribution in [3.63, 3.8) is 0 Å². The van der Waals surface area contributed by atoms with E-state index in [0.29, 0.717) is 36.4 Å². The molecule has 1 aromatic carbocycles. The van der Waals surface area contributed by atoms with Crippen LogP contribution in [0, 0.1) is 5.92 Å². The molecule has 0 aliphatic carbocycles. The monoisotopic (exact) mass is 351 g/mol. The fourth-order valence-electron chi connectivity index (χ4n) is 3.16. The number of hydrogen-bond donors (Lipinski definition) is 1. The first-order valence-electron chi connectivity index (χ1n) is 8.00. The van der Waals surface area contributed by atoms with Crippen LogP contribution >= 0.6 is 0 Å². The van der Waals surface area contributed by atoms with Crippen molar-refractivity contribution in [2.75, 3.05) is 19.7 Å². The number of amides is 1. The molecule has 2 aliphatic heterocycles. The highest BCUT2D eigenvalue weighted by atomic mass is 32.2. The van der Waals surface area contributed by atoms with Gasteiger partial charge in [0.1, 0.15) is 11.6 Å². The molecule has 0 bridgehead atoms. The second kappa shape index (κ2) is 6.43. The summed E-state index contributed by atoms with van der Waals surface area (Å²) in [5, 5.41) is 0. The Hall–Kier alpha value is -2.09. The molecular formula is C16H21N3O4S. The lowest BCUT2D eigenvalue weighted by Crippen LogP contribution is -2.29. The number of amidine groups is 1. The topological polar surface area (TPSA) is 102 Å². The number of sulfonamides is 1. The minimum Gasteiger partial charge on any atom is -0.492 e. The highest BCUT2D eigenvalue weighted by Crippen LogP contribution is 2.29. The van der Waals surface area contributed by atoms with Crippen molar-refractivity contribution in [1.29, 1.82) is 0 Å². The third-order valence-electron chi connectivity index (χ3n) is 4.36. The van der Waals surface area contributed by atoms with Gasteiger partial charge in [0.05, 0.1) is 17.9 Å². The Morgan fingerprint density at radius 1 is 1.46 bits per heavy atom. The molecule has 1 aromatic rings. The number of likely N-dealkylation sites (tertiary alicyclic amines) is 1. The molecule has 2 N–H and O–H groups in total. The zero-order valence-electron chi connectivity index (χ0n) is 13.6. The molecule has 0 spiro atoms. The normalized spacial score (nSPS) is 22.0. The quantitative estimate of drug-likeness (QED) is 0.867. The van der Waals surface area contributed by atoms with Crippen LogP contribution in [0.25, 0.3) is 0 Å². The van der Waals surface area contributed by atoms with Gasteiger partial charge in [-0.2, -0.15) is 0 Å². The molecule has 7 nitrogen and oxygen atoms in total. The molecule has 130 valence electrons. The Morgan fingerprint density at radius 2 is 2.25 bits per heavy atom. The first-order chi connectivity index (χ1) is 11.4. The van der Waals surface area contributed by atoms with Crippen molar-refractivity contribution in [3.8, 4) is 5.75 Å². The lowest BCUT2D eigenvalue weighted by molar-refractivity contribution is -0.129. The number of hydrogen-bond acceptors (Lipinski definition) is 5. The SMILES string of the molecule is CCC(=O)N1CCC(COc2cccc3c2C(N)=NS(=O)(=O)C3)C1. The van der Waals surface area contributed by atoms with Crippen LogP contribution in [0.3, 0.4) is 0 Å². The van der Waals surface area contributed by atoms with Crippen LogP contribution in [0.1, 0.15) is 30.9 Å². The van der Waals surface area contributed by atoms with E-state index in [9.17, 15) is 13.2 Å². The fraction of sp³-hybridized carbons (Fsp3) is 0.500. The summed E-state index contributed by atoms with van der Waals surface area (Å²) in [4.78, 5) is 13.6. The number of nitrogens with zero attached hydrogens (tertiary/aromatic N) is 2. The van der Waals surface area contributed by atoms with Gasteiger partial charge in [-0.3, -0.25) is 4.79 Å². The summed E-state index contributed by atoms with van der Waals surface area (Å²) in [7, 11) is -3.55. The lowest BCUT2D eigenvalue weighted by Gasteiger charge is -2.20. The summed E-state index contributed by atoms with van der Waals surface area (Å²) in [5.74, 6) is 0.783. The van der Waals surface area contributed by atoms with E-state index >= 15 is 0 Å². The molecule has 0 saturated carbocycles. The minimum atomic E-state index is -3.55. The second-order valence-electron chi connectivity index (χ2n) is 6.15. The molecular weight excluding hydrogens is 330 g/mol. The van der Waals surface area contributed by atoms with Gasteiger partial charge in [0.25, 0.3) is 10.0 Å². The molecule has 0 radical (unpaired) electrons. The van der Waals surface area contributed by atoms with Gasteiger partial charge in [-0.25, -0.2) is 8.42 Å². The van der Waals surface area contributed by atoms with Gasteiger partial charge in [-0.1, -0.05) is 19.1 Å². The van der Waals surface area contributed by atoms with E-state index in [4.69, 9.17) is 10.5 Å². The third-order valence-corrected chi connectivity index (χ3v) is 5.51. The number of carbonyl (C=O) groups excluding carboxylic acids is 1. The predicted molar refractivity (Wildman–Crippen MR) is 90.3 cm³/mol. The van der Waals surface area contributed by atoms with Crippen LogP contribution < -0.4 is 10.5 Å². The number of carbonyl (C=O) groups is 1. The average Bonchev–Trinajstić information content (AvgIpc) is 2.99. The number of rotatable bonds is 4. The van der Waals surface area contributed by atoms with Crippen molar-refractivity contribution in [2.24, 2.45) is 16.0 Å². The van der Waals surface area contributed by atoms with Gasteiger partial charge < -0.3 is 15.4 Å². The third kappa shape index (κ3) is 3.38. The molecule has 8 heteroatoms. The van der Waals surface area contributed by atoms with Gasteiger partial charge in [0.15, 0.2) is 0 Å². The zero-order valence-corrected chi connectivity index (χ0v) is 14.4. The van der Waals surface area contributed by atoms with E-state index < -0.39 is 10.0 Å². The van der Waals surface area contributed by atoms with Crippen molar-refractivity contribution in [3.05, 3.63) is 29.3 Å². The van der Waals surface area contributed by atoms with Gasteiger partial charge in [0, 0.05) is 25.4 Å². The summed E-state index contributed by atoms with van der Waals surface area (Å²) in [6.07, 6.45) is 1.42. The van der Waals surface area contributed by atoms with Crippen LogP contribution in [-0.4, -0.2) is 44.8 Å². The van der Waals surface area contributed by atoms with E-state index in [1.54, 1.807) is 18.2 Å². The zero-order chi connectivity index (χ0) is 17.3. The summed E-state index contributed by atoms with van der Waals surface area (Å²) >= 11 is 0. The van der Waals surface area contributed by atoms with Crippen molar-refractivity contribution in [2.45, 2.75) is 25.5 Å². The second-order valence-corrected chi connectivity index (χ2v) is 7.79. The molecule has 1 fully saturated rings. The Labute approximate surface area is 141 Å². The molecule has 2 aliphatic rings. The molecule has 0 aromatic heterocycles. The van der Waals surface area contributed by atoms with Crippen LogP contribution in [0.2, 0.25) is 0 Å². The van der Waals surface area contributed by atoms with Crippen molar-refractivity contribution < 1.29 is 17.9 Å². The predicted octanol–water partition coefficient (Wildman–Crippen LogP) is 0.873. The van der Waals surface area contributed by atoms with E-state index in [-0.39, 0.29) is 23.4 Å². The Balaban J connectivity index is 1.71. The van der Waals surface area contributed by atoms with Crippen LogP contribution in [-0.2, 0) is 20.6 Å². The minimum absolute atomic E-state index is 0.0268. The maximum absolute atomic E-state index is 11.7. The first-order valence-corrected chi connectivity index (χ1v) is 9.61. The van der Waals surface area contributed by atoms with Gasteiger partial charge in [0.2, 0.25) is 5.91 Å². The van der Waals surface area contributed by atoms with E-state index in [0.717, 1.165) is 13.0 Å². The van der Waals surface area contributed by atoms with E-state index in [1.807, 2.05) is 11.8 Å². The number of benzene rings is 1. The summed E-state index contributed by atoms with van der Waals surface area (Å²) in [5.41, 5.74) is 6.99. The lowest BCUT2D eigenvalue weighted by atomic mass is 10.1. The van der Waals surface area contributed by atoms with Gasteiger partial charge in [-0.05, 0) is 18.1 Å². The smallest absolute Gasteiger partial charge is 0.259 e. The molecule has 24 heavy (non-hydrogen) atoms. The number of ether oxygens (including phenoxy) is 1. The van der Waals surface area contributed by atoms with Crippen molar-refractivity contribution >= 4 is 21.8 Å². The Kier molecular flexibility index (Phi) is 4.49. The average molecular weight is 351 g/mol. The summed E-state index contributed by atoms with van der Waals surface area (Å²) < 4.78 is 32.8. The fourth-order valence-corrected chi connectivity index (χ4v) is 4.25. The molecule has 1 unspecified atom stereocenters. The molecule has 1 amide bonds. The molecule has 2 heterocycles. The molecule has 1 atom stereocenters. The Bertz CT molecular complexity index is 789.